The Morgan fingerprint density at radius 1 is 1.17 bits per heavy atom. The van der Waals surface area contributed by atoms with Gasteiger partial charge in [0.2, 0.25) is 11.8 Å². The van der Waals surface area contributed by atoms with Crippen LogP contribution in [0.3, 0.4) is 0 Å². The van der Waals surface area contributed by atoms with Crippen molar-refractivity contribution < 1.29 is 13.4 Å². The van der Waals surface area contributed by atoms with Crippen molar-refractivity contribution in [1.82, 2.24) is 10.3 Å². The molecule has 0 aliphatic carbocycles. The third-order valence-corrected chi connectivity index (χ3v) is 6.07. The predicted molar refractivity (Wildman–Crippen MR) is 116 cm³/mol. The van der Waals surface area contributed by atoms with E-state index in [-0.39, 0.29) is 17.4 Å². The van der Waals surface area contributed by atoms with Crippen LogP contribution >= 0.6 is 11.6 Å². The molecule has 1 aromatic heterocycles. The van der Waals surface area contributed by atoms with Crippen molar-refractivity contribution in [3.05, 3.63) is 76.1 Å². The summed E-state index contributed by atoms with van der Waals surface area (Å²) in [6.45, 7) is 4.19. The maximum absolute atomic E-state index is 12.4. The van der Waals surface area contributed by atoms with Crippen LogP contribution in [-0.2, 0) is 34.3 Å². The van der Waals surface area contributed by atoms with Gasteiger partial charge in [0, 0.05) is 27.9 Å². The van der Waals surface area contributed by atoms with Gasteiger partial charge in [-0.25, -0.2) is 4.98 Å². The Morgan fingerprint density at radius 3 is 2.59 bits per heavy atom. The maximum Gasteiger partial charge on any atom is 0.232 e. The van der Waals surface area contributed by atoms with E-state index in [1.807, 2.05) is 42.5 Å². The van der Waals surface area contributed by atoms with E-state index in [1.165, 1.54) is 5.56 Å². The molecule has 1 N–H and O–H groups in total. The lowest BCUT2D eigenvalue weighted by molar-refractivity contribution is -0.118. The highest BCUT2D eigenvalue weighted by Crippen LogP contribution is 2.23. The number of hydrogen-bond acceptors (Lipinski definition) is 4. The molecule has 29 heavy (non-hydrogen) atoms. The van der Waals surface area contributed by atoms with E-state index in [2.05, 4.69) is 17.2 Å². The summed E-state index contributed by atoms with van der Waals surface area (Å²) in [6.07, 6.45) is 0.966. The van der Waals surface area contributed by atoms with Gasteiger partial charge < -0.3 is 9.73 Å². The number of aromatic nitrogens is 1. The highest BCUT2D eigenvalue weighted by Gasteiger charge is 2.16. The summed E-state index contributed by atoms with van der Waals surface area (Å²) < 4.78 is 18.2. The van der Waals surface area contributed by atoms with Crippen molar-refractivity contribution >= 4 is 28.3 Å². The Morgan fingerprint density at radius 2 is 1.90 bits per heavy atom. The van der Waals surface area contributed by atoms with Gasteiger partial charge in [-0.15, -0.1) is 0 Å². The van der Waals surface area contributed by atoms with E-state index in [4.69, 9.17) is 16.0 Å². The number of oxazole rings is 1. The smallest absolute Gasteiger partial charge is 0.232 e. The first-order valence-corrected chi connectivity index (χ1v) is 11.2. The van der Waals surface area contributed by atoms with Crippen molar-refractivity contribution in [2.24, 2.45) is 0 Å². The molecule has 2 aromatic carbocycles. The molecule has 1 heterocycles. The third kappa shape index (κ3) is 5.78. The summed E-state index contributed by atoms with van der Waals surface area (Å²) >= 11 is 6.08. The number of aryl methyl sites for hydroxylation is 2. The Kier molecular flexibility index (Phi) is 7.23. The fraction of sp³-hybridized carbons (Fsp3) is 0.273. The quantitative estimate of drug-likeness (QED) is 0.573. The molecule has 0 fully saturated rings. The van der Waals surface area contributed by atoms with Crippen LogP contribution in [0.15, 0.2) is 52.9 Å². The van der Waals surface area contributed by atoms with Gasteiger partial charge in [-0.1, -0.05) is 48.9 Å². The number of halogens is 1. The average Bonchev–Trinajstić information content (AvgIpc) is 3.07. The van der Waals surface area contributed by atoms with Gasteiger partial charge >= 0.3 is 0 Å². The molecule has 0 spiro atoms. The summed E-state index contributed by atoms with van der Waals surface area (Å²) in [7, 11) is -1.39. The second kappa shape index (κ2) is 9.85. The number of carbonyl (C=O) groups excluding carboxylic acids is 1. The van der Waals surface area contributed by atoms with Gasteiger partial charge in [0.05, 0.1) is 11.4 Å². The van der Waals surface area contributed by atoms with Crippen molar-refractivity contribution in [2.75, 3.05) is 5.75 Å². The minimum absolute atomic E-state index is 0.0999. The van der Waals surface area contributed by atoms with E-state index >= 15 is 0 Å². The third-order valence-electron chi connectivity index (χ3n) is 4.53. The van der Waals surface area contributed by atoms with Crippen molar-refractivity contribution in [2.45, 2.75) is 32.6 Å². The van der Waals surface area contributed by atoms with Crippen LogP contribution in [0.2, 0.25) is 5.02 Å². The molecule has 3 aromatic rings. The van der Waals surface area contributed by atoms with Gasteiger partial charge in [-0.2, -0.15) is 0 Å². The van der Waals surface area contributed by atoms with Crippen molar-refractivity contribution in [3.8, 4) is 11.5 Å². The van der Waals surface area contributed by atoms with E-state index in [9.17, 15) is 9.00 Å². The largest absolute Gasteiger partial charge is 0.441 e. The van der Waals surface area contributed by atoms with Crippen LogP contribution in [0.4, 0.5) is 0 Å². The number of benzene rings is 2. The molecule has 3 rings (SSSR count). The summed E-state index contributed by atoms with van der Waals surface area (Å²) in [4.78, 5) is 16.6. The molecule has 1 unspecified atom stereocenters. The van der Waals surface area contributed by atoms with Crippen LogP contribution in [0.25, 0.3) is 11.5 Å². The van der Waals surface area contributed by atoms with Gasteiger partial charge in [0.1, 0.15) is 11.5 Å². The fourth-order valence-electron chi connectivity index (χ4n) is 2.80. The molecule has 7 heteroatoms. The van der Waals surface area contributed by atoms with E-state index in [0.29, 0.717) is 28.9 Å². The molecule has 5 nitrogen and oxygen atoms in total. The van der Waals surface area contributed by atoms with Crippen LogP contribution in [0, 0.1) is 6.92 Å². The zero-order valence-electron chi connectivity index (χ0n) is 16.4. The molecule has 1 atom stereocenters. The fourth-order valence-corrected chi connectivity index (χ4v) is 4.08. The van der Waals surface area contributed by atoms with Crippen molar-refractivity contribution in [3.63, 3.8) is 0 Å². The van der Waals surface area contributed by atoms with Gasteiger partial charge in [0.15, 0.2) is 0 Å². The first-order chi connectivity index (χ1) is 14.0. The lowest BCUT2D eigenvalue weighted by atomic mass is 10.1. The van der Waals surface area contributed by atoms with E-state index in [0.717, 1.165) is 17.5 Å². The van der Waals surface area contributed by atoms with Crippen LogP contribution in [0.1, 0.15) is 29.5 Å². The summed E-state index contributed by atoms with van der Waals surface area (Å²) in [5.74, 6) is 0.892. The molecular weight excluding hydrogens is 408 g/mol. The lowest BCUT2D eigenvalue weighted by Crippen LogP contribution is -2.28. The Labute approximate surface area is 178 Å². The number of nitrogens with zero attached hydrogens (tertiary/aromatic N) is 1. The second-order valence-corrected chi connectivity index (χ2v) is 8.53. The topological polar surface area (TPSA) is 72.2 Å². The number of hydrogen-bond donors (Lipinski definition) is 1. The first kappa shape index (κ1) is 21.3. The minimum atomic E-state index is -1.39. The zero-order chi connectivity index (χ0) is 20.8. The molecule has 0 saturated heterocycles. The predicted octanol–water partition coefficient (Wildman–Crippen LogP) is 4.43. The first-order valence-electron chi connectivity index (χ1n) is 9.37. The second-order valence-electron chi connectivity index (χ2n) is 6.67. The highest BCUT2D eigenvalue weighted by molar-refractivity contribution is 7.84. The molecular formula is C22H23ClN2O3S. The number of amides is 1. The van der Waals surface area contributed by atoms with Crippen LogP contribution < -0.4 is 5.32 Å². The van der Waals surface area contributed by atoms with Gasteiger partial charge in [-0.3, -0.25) is 9.00 Å². The minimum Gasteiger partial charge on any atom is -0.441 e. The SMILES string of the molecule is CCc1ccc(-c2nc(CS(=O)CC(=O)NCc3ccccc3Cl)c(C)o2)cc1. The maximum atomic E-state index is 12.4. The lowest BCUT2D eigenvalue weighted by Gasteiger charge is -2.06. The summed E-state index contributed by atoms with van der Waals surface area (Å²) in [5, 5.41) is 3.34. The van der Waals surface area contributed by atoms with Crippen molar-refractivity contribution in [1.29, 1.82) is 0 Å². The molecule has 1 amide bonds. The van der Waals surface area contributed by atoms with E-state index < -0.39 is 10.8 Å². The zero-order valence-corrected chi connectivity index (χ0v) is 18.0. The molecule has 0 aliphatic rings. The van der Waals surface area contributed by atoms with Crippen LogP contribution in [0.5, 0.6) is 0 Å². The normalized spacial score (nSPS) is 12.0. The Bertz CT molecular complexity index is 1020. The number of rotatable bonds is 8. The number of nitrogens with one attached hydrogen (secondary N) is 1. The molecule has 0 radical (unpaired) electrons. The Hall–Kier alpha value is -2.44. The number of carbonyl (C=O) groups is 1. The average molecular weight is 431 g/mol. The molecule has 0 aliphatic heterocycles. The van der Waals surface area contributed by atoms with Gasteiger partial charge in [-0.05, 0) is 42.7 Å². The monoisotopic (exact) mass is 430 g/mol. The Balaban J connectivity index is 1.56. The molecule has 0 saturated carbocycles. The summed E-state index contributed by atoms with van der Waals surface area (Å²) in [5.41, 5.74) is 3.54. The van der Waals surface area contributed by atoms with Crippen LogP contribution in [-0.4, -0.2) is 20.9 Å². The standard InChI is InChI=1S/C22H23ClN2O3S/c1-3-16-8-10-17(11-9-16)22-25-20(15(2)28-22)13-29(27)14-21(26)24-12-18-6-4-5-7-19(18)23/h4-11H,3,12-14H2,1-2H3,(H,24,26). The molecule has 0 bridgehead atoms. The van der Waals surface area contributed by atoms with E-state index in [1.54, 1.807) is 13.0 Å². The summed E-state index contributed by atoms with van der Waals surface area (Å²) in [6, 6.07) is 15.3. The molecule has 152 valence electrons. The highest BCUT2D eigenvalue weighted by atomic mass is 35.5. The van der Waals surface area contributed by atoms with Gasteiger partial charge in [0.25, 0.3) is 0 Å².